The summed E-state index contributed by atoms with van der Waals surface area (Å²) >= 11 is 4.84. The average Bonchev–Trinajstić information content (AvgIpc) is 2.76. The van der Waals surface area contributed by atoms with E-state index in [4.69, 9.17) is 0 Å². The molecule has 7 heteroatoms. The van der Waals surface area contributed by atoms with Gasteiger partial charge < -0.3 is 0 Å². The fraction of sp³-hybridized carbons (Fsp3) is 0. The van der Waals surface area contributed by atoms with E-state index in [0.717, 1.165) is 20.3 Å². The molecule has 0 aliphatic heterocycles. The van der Waals surface area contributed by atoms with Gasteiger partial charge in [0.1, 0.15) is 11.4 Å². The summed E-state index contributed by atoms with van der Waals surface area (Å²) in [5.74, 6) is 0. The zero-order chi connectivity index (χ0) is 11.7. The molecule has 0 saturated carbocycles. The van der Waals surface area contributed by atoms with Gasteiger partial charge in [0, 0.05) is 12.4 Å². The number of nitrogens with zero attached hydrogens (tertiary/aromatic N) is 5. The summed E-state index contributed by atoms with van der Waals surface area (Å²) in [7, 11) is 0. The largest absolute Gasteiger partial charge is 0.277 e. The molecule has 0 spiro atoms. The standard InChI is InChI=1S/C10H6BrN5S/c11-7-5-12-6-13-9(7)17-10-15-14-8-3-1-2-4-16(8)10/h1-6H. The molecule has 3 heterocycles. The van der Waals surface area contributed by atoms with Gasteiger partial charge in [-0.15, -0.1) is 10.2 Å². The summed E-state index contributed by atoms with van der Waals surface area (Å²) in [6.45, 7) is 0. The maximum atomic E-state index is 4.18. The van der Waals surface area contributed by atoms with Crippen molar-refractivity contribution in [1.82, 2.24) is 24.6 Å². The second kappa shape index (κ2) is 4.42. The molecule has 3 aromatic heterocycles. The van der Waals surface area contributed by atoms with Crippen molar-refractivity contribution >= 4 is 33.3 Å². The minimum atomic E-state index is 0.778. The normalized spacial score (nSPS) is 10.9. The van der Waals surface area contributed by atoms with Gasteiger partial charge in [0.15, 0.2) is 5.65 Å². The van der Waals surface area contributed by atoms with E-state index in [1.165, 1.54) is 18.1 Å². The fourth-order valence-corrected chi connectivity index (χ4v) is 2.57. The third-order valence-electron chi connectivity index (χ3n) is 2.10. The molecule has 5 nitrogen and oxygen atoms in total. The molecule has 0 aromatic carbocycles. The van der Waals surface area contributed by atoms with Gasteiger partial charge in [0.05, 0.1) is 4.47 Å². The van der Waals surface area contributed by atoms with Crippen LogP contribution in [-0.4, -0.2) is 24.6 Å². The molecule has 0 saturated heterocycles. The van der Waals surface area contributed by atoms with Crippen LogP contribution in [0.5, 0.6) is 0 Å². The smallest absolute Gasteiger partial charge is 0.201 e. The van der Waals surface area contributed by atoms with Crippen molar-refractivity contribution in [2.75, 3.05) is 0 Å². The highest BCUT2D eigenvalue weighted by atomic mass is 79.9. The Morgan fingerprint density at radius 3 is 3.06 bits per heavy atom. The lowest BCUT2D eigenvalue weighted by Gasteiger charge is -2.00. The molecule has 0 unspecified atom stereocenters. The van der Waals surface area contributed by atoms with E-state index in [0.29, 0.717) is 0 Å². The van der Waals surface area contributed by atoms with Gasteiger partial charge in [-0.1, -0.05) is 6.07 Å². The molecule has 0 fully saturated rings. The summed E-state index contributed by atoms with van der Waals surface area (Å²) in [6.07, 6.45) is 5.14. The molecular formula is C10H6BrN5S. The second-order valence-corrected chi connectivity index (χ2v) is 5.00. The summed E-state index contributed by atoms with van der Waals surface area (Å²) < 4.78 is 2.76. The number of fused-ring (bicyclic) bond motifs is 1. The highest BCUT2D eigenvalue weighted by Crippen LogP contribution is 2.29. The Hall–Kier alpha value is -1.47. The van der Waals surface area contributed by atoms with Crippen LogP contribution in [0.1, 0.15) is 0 Å². The van der Waals surface area contributed by atoms with Crippen LogP contribution in [0.25, 0.3) is 5.65 Å². The Morgan fingerprint density at radius 1 is 1.24 bits per heavy atom. The summed E-state index contributed by atoms with van der Waals surface area (Å²) in [5.41, 5.74) is 0.820. The van der Waals surface area contributed by atoms with Crippen molar-refractivity contribution in [2.45, 2.75) is 10.2 Å². The zero-order valence-electron chi connectivity index (χ0n) is 8.49. The van der Waals surface area contributed by atoms with Crippen molar-refractivity contribution in [2.24, 2.45) is 0 Å². The van der Waals surface area contributed by atoms with E-state index in [-0.39, 0.29) is 0 Å². The first-order chi connectivity index (χ1) is 8.34. The Labute approximate surface area is 109 Å². The third-order valence-corrected chi connectivity index (χ3v) is 3.93. The number of halogens is 1. The van der Waals surface area contributed by atoms with E-state index in [2.05, 4.69) is 36.1 Å². The number of pyridine rings is 1. The van der Waals surface area contributed by atoms with Gasteiger partial charge in [-0.3, -0.25) is 4.40 Å². The predicted molar refractivity (Wildman–Crippen MR) is 66.8 cm³/mol. The lowest BCUT2D eigenvalue weighted by molar-refractivity contribution is 0.912. The minimum absolute atomic E-state index is 0.778. The third kappa shape index (κ3) is 2.03. The Morgan fingerprint density at radius 2 is 2.18 bits per heavy atom. The first-order valence-electron chi connectivity index (χ1n) is 4.78. The number of hydrogen-bond acceptors (Lipinski definition) is 5. The summed E-state index contributed by atoms with van der Waals surface area (Å²) in [5, 5.41) is 9.80. The van der Waals surface area contributed by atoms with E-state index in [1.54, 1.807) is 6.20 Å². The molecule has 0 aliphatic rings. The molecule has 0 N–H and O–H groups in total. The minimum Gasteiger partial charge on any atom is -0.277 e. The quantitative estimate of drug-likeness (QED) is 0.681. The fourth-order valence-electron chi connectivity index (χ4n) is 1.35. The predicted octanol–water partition coefficient (Wildman–Crippen LogP) is 2.43. The second-order valence-electron chi connectivity index (χ2n) is 3.19. The Balaban J connectivity index is 2.03. The van der Waals surface area contributed by atoms with Crippen LogP contribution in [0.2, 0.25) is 0 Å². The van der Waals surface area contributed by atoms with Crippen LogP contribution >= 0.6 is 27.7 Å². The van der Waals surface area contributed by atoms with Crippen molar-refractivity contribution in [3.63, 3.8) is 0 Å². The summed E-state index contributed by atoms with van der Waals surface area (Å²) in [4.78, 5) is 8.11. The van der Waals surface area contributed by atoms with E-state index >= 15 is 0 Å². The number of aromatic nitrogens is 5. The van der Waals surface area contributed by atoms with Crippen molar-refractivity contribution in [3.8, 4) is 0 Å². The van der Waals surface area contributed by atoms with Crippen molar-refractivity contribution < 1.29 is 0 Å². The molecule has 0 bridgehead atoms. The molecule has 17 heavy (non-hydrogen) atoms. The maximum absolute atomic E-state index is 4.18. The van der Waals surface area contributed by atoms with Gasteiger partial charge in [0.25, 0.3) is 0 Å². The van der Waals surface area contributed by atoms with E-state index in [1.807, 2.05) is 28.8 Å². The molecule has 84 valence electrons. The van der Waals surface area contributed by atoms with Gasteiger partial charge in [-0.2, -0.15) is 0 Å². The van der Waals surface area contributed by atoms with Crippen molar-refractivity contribution in [1.29, 1.82) is 0 Å². The average molecular weight is 308 g/mol. The topological polar surface area (TPSA) is 56.0 Å². The Bertz CT molecular complexity index is 668. The van der Waals surface area contributed by atoms with Crippen LogP contribution in [0.4, 0.5) is 0 Å². The number of rotatable bonds is 2. The van der Waals surface area contributed by atoms with Crippen LogP contribution in [0.3, 0.4) is 0 Å². The van der Waals surface area contributed by atoms with Gasteiger partial charge in [0.2, 0.25) is 5.16 Å². The van der Waals surface area contributed by atoms with Crippen LogP contribution in [0, 0.1) is 0 Å². The first-order valence-corrected chi connectivity index (χ1v) is 6.38. The lowest BCUT2D eigenvalue weighted by atomic mass is 10.5. The Kier molecular flexibility index (Phi) is 2.77. The molecule has 3 rings (SSSR count). The molecule has 3 aromatic rings. The van der Waals surface area contributed by atoms with Crippen LogP contribution in [0.15, 0.2) is 51.6 Å². The van der Waals surface area contributed by atoms with E-state index in [9.17, 15) is 0 Å². The molecule has 0 atom stereocenters. The van der Waals surface area contributed by atoms with Gasteiger partial charge >= 0.3 is 0 Å². The van der Waals surface area contributed by atoms with Crippen LogP contribution < -0.4 is 0 Å². The monoisotopic (exact) mass is 307 g/mol. The molecular weight excluding hydrogens is 302 g/mol. The van der Waals surface area contributed by atoms with Gasteiger partial charge in [-0.25, -0.2) is 9.97 Å². The highest BCUT2D eigenvalue weighted by molar-refractivity contribution is 9.10. The molecule has 0 aliphatic carbocycles. The molecule has 0 radical (unpaired) electrons. The SMILES string of the molecule is Brc1cncnc1Sc1nnc2ccccn12. The van der Waals surface area contributed by atoms with Crippen molar-refractivity contribution in [3.05, 3.63) is 41.4 Å². The summed E-state index contributed by atoms with van der Waals surface area (Å²) in [6, 6.07) is 5.78. The van der Waals surface area contributed by atoms with E-state index < -0.39 is 0 Å². The lowest BCUT2D eigenvalue weighted by Crippen LogP contribution is -1.88. The van der Waals surface area contributed by atoms with Crippen LogP contribution in [-0.2, 0) is 0 Å². The zero-order valence-corrected chi connectivity index (χ0v) is 10.9. The molecule has 0 amide bonds. The van der Waals surface area contributed by atoms with Gasteiger partial charge in [-0.05, 0) is 39.8 Å². The highest BCUT2D eigenvalue weighted by Gasteiger charge is 2.09. The first kappa shape index (κ1) is 10.7. The maximum Gasteiger partial charge on any atom is 0.201 e. The number of hydrogen-bond donors (Lipinski definition) is 0.